The molecule has 7 heteroatoms. The van der Waals surface area contributed by atoms with Gasteiger partial charge in [-0.25, -0.2) is 4.98 Å². The summed E-state index contributed by atoms with van der Waals surface area (Å²) < 4.78 is 1.16. The van der Waals surface area contributed by atoms with E-state index in [1.165, 1.54) is 5.56 Å². The van der Waals surface area contributed by atoms with Gasteiger partial charge in [0.2, 0.25) is 0 Å². The van der Waals surface area contributed by atoms with Crippen molar-refractivity contribution in [1.29, 1.82) is 0 Å². The number of amides is 1. The molecule has 0 aliphatic carbocycles. The van der Waals surface area contributed by atoms with Gasteiger partial charge in [-0.2, -0.15) is 0 Å². The van der Waals surface area contributed by atoms with E-state index in [2.05, 4.69) is 33.7 Å². The molecule has 0 radical (unpaired) electrons. The van der Waals surface area contributed by atoms with E-state index in [-0.39, 0.29) is 5.91 Å². The normalized spacial score (nSPS) is 14.5. The Morgan fingerprint density at radius 3 is 2.62 bits per heavy atom. The Hall–Kier alpha value is -2.77. The number of hydrogen-bond donors (Lipinski definition) is 2. The number of benzene rings is 3. The Morgan fingerprint density at radius 2 is 1.81 bits per heavy atom. The number of piperazine rings is 1. The van der Waals surface area contributed by atoms with Crippen molar-refractivity contribution in [2.45, 2.75) is 6.54 Å². The number of halogens is 1. The summed E-state index contributed by atoms with van der Waals surface area (Å²) in [5.41, 5.74) is 4.52. The van der Waals surface area contributed by atoms with Crippen LogP contribution in [0.4, 0.5) is 5.69 Å². The zero-order valence-corrected chi connectivity index (χ0v) is 19.0. The van der Waals surface area contributed by atoms with E-state index in [4.69, 9.17) is 16.6 Å². The third-order valence-corrected chi connectivity index (χ3v) is 6.92. The molecule has 0 saturated carbocycles. The van der Waals surface area contributed by atoms with Gasteiger partial charge < -0.3 is 10.6 Å². The van der Waals surface area contributed by atoms with Gasteiger partial charge in [-0.15, -0.1) is 11.3 Å². The first-order chi connectivity index (χ1) is 15.7. The zero-order chi connectivity index (χ0) is 21.9. The first-order valence-corrected chi connectivity index (χ1v) is 11.8. The van der Waals surface area contributed by atoms with E-state index in [1.807, 2.05) is 24.3 Å². The highest BCUT2D eigenvalue weighted by molar-refractivity contribution is 7.21. The van der Waals surface area contributed by atoms with E-state index in [1.54, 1.807) is 35.6 Å². The molecule has 2 heterocycles. The van der Waals surface area contributed by atoms with Crippen molar-refractivity contribution >= 4 is 44.7 Å². The molecule has 1 amide bonds. The lowest BCUT2D eigenvalue weighted by molar-refractivity contribution is 0.102. The van der Waals surface area contributed by atoms with Crippen LogP contribution in [0.25, 0.3) is 20.8 Å². The number of anilines is 1. The van der Waals surface area contributed by atoms with Gasteiger partial charge in [-0.3, -0.25) is 9.69 Å². The number of carbonyl (C=O) groups excluding carboxylic acids is 1. The molecule has 32 heavy (non-hydrogen) atoms. The molecule has 0 atom stereocenters. The minimum atomic E-state index is -0.172. The lowest BCUT2D eigenvalue weighted by Gasteiger charge is -2.27. The molecule has 3 aromatic carbocycles. The number of thiazole rings is 1. The smallest absolute Gasteiger partial charge is 0.255 e. The molecule has 0 spiro atoms. The maximum atomic E-state index is 12.8. The van der Waals surface area contributed by atoms with Gasteiger partial charge in [0.15, 0.2) is 0 Å². The highest BCUT2D eigenvalue weighted by Gasteiger charge is 2.17. The van der Waals surface area contributed by atoms with Gasteiger partial charge >= 0.3 is 0 Å². The predicted octanol–water partition coefficient (Wildman–Crippen LogP) is 5.27. The summed E-state index contributed by atoms with van der Waals surface area (Å²) in [5.74, 6) is -0.172. The number of rotatable bonds is 5. The van der Waals surface area contributed by atoms with Crippen molar-refractivity contribution < 1.29 is 4.79 Å². The minimum absolute atomic E-state index is 0.172. The summed E-state index contributed by atoms with van der Waals surface area (Å²) in [6.45, 7) is 5.05. The Kier molecular flexibility index (Phi) is 6.19. The molecule has 162 valence electrons. The van der Waals surface area contributed by atoms with Gasteiger partial charge in [0.1, 0.15) is 5.01 Å². The highest BCUT2D eigenvalue weighted by atomic mass is 35.5. The van der Waals surface area contributed by atoms with Crippen molar-refractivity contribution in [1.82, 2.24) is 15.2 Å². The first-order valence-electron chi connectivity index (χ1n) is 10.7. The van der Waals surface area contributed by atoms with E-state index < -0.39 is 0 Å². The lowest BCUT2D eigenvalue weighted by atomic mass is 10.1. The first kappa shape index (κ1) is 21.1. The molecule has 5 nitrogen and oxygen atoms in total. The van der Waals surface area contributed by atoms with Gasteiger partial charge in [0.05, 0.1) is 15.9 Å². The topological polar surface area (TPSA) is 57.3 Å². The molecule has 0 unspecified atom stereocenters. The number of para-hydroxylation sites is 2. The van der Waals surface area contributed by atoms with Gasteiger partial charge in [0.25, 0.3) is 5.91 Å². The third kappa shape index (κ3) is 4.54. The fraction of sp³-hybridized carbons (Fsp3) is 0.200. The fourth-order valence-electron chi connectivity index (χ4n) is 3.93. The zero-order valence-electron chi connectivity index (χ0n) is 17.5. The second-order valence-corrected chi connectivity index (χ2v) is 9.28. The Morgan fingerprint density at radius 1 is 1.03 bits per heavy atom. The van der Waals surface area contributed by atoms with Crippen molar-refractivity contribution in [3.8, 4) is 10.6 Å². The molecule has 1 aliphatic rings. The summed E-state index contributed by atoms with van der Waals surface area (Å²) in [4.78, 5) is 20.2. The SMILES string of the molecule is O=C(Nc1ccccc1-c1nc2c(CN3CCNCC3)cccc2s1)c1ccc(Cl)cc1. The van der Waals surface area contributed by atoms with Crippen LogP contribution in [0.5, 0.6) is 0 Å². The number of aromatic nitrogens is 1. The number of hydrogen-bond acceptors (Lipinski definition) is 5. The molecule has 4 aromatic rings. The fourth-order valence-corrected chi connectivity index (χ4v) is 5.11. The van der Waals surface area contributed by atoms with Gasteiger partial charge in [0, 0.05) is 48.9 Å². The predicted molar refractivity (Wildman–Crippen MR) is 133 cm³/mol. The standard InChI is InChI=1S/C25H23ClN4OS/c26-19-10-8-17(9-11-19)24(31)28-21-6-2-1-5-20(21)25-29-23-18(4-3-7-22(23)32-25)16-30-14-12-27-13-15-30/h1-11,27H,12-16H2,(H,28,31). The van der Waals surface area contributed by atoms with Crippen molar-refractivity contribution in [2.75, 3.05) is 31.5 Å². The summed E-state index contributed by atoms with van der Waals surface area (Å²) in [6.07, 6.45) is 0. The summed E-state index contributed by atoms with van der Waals surface area (Å²) >= 11 is 7.60. The maximum Gasteiger partial charge on any atom is 0.255 e. The van der Waals surface area contributed by atoms with Crippen molar-refractivity contribution in [3.63, 3.8) is 0 Å². The molecule has 2 N–H and O–H groups in total. The number of nitrogens with zero attached hydrogens (tertiary/aromatic N) is 2. The number of carbonyl (C=O) groups is 1. The lowest BCUT2D eigenvalue weighted by Crippen LogP contribution is -2.42. The molecule has 1 saturated heterocycles. The molecular formula is C25H23ClN4OS. The van der Waals surface area contributed by atoms with E-state index in [0.29, 0.717) is 10.6 Å². The molecule has 0 bridgehead atoms. The maximum absolute atomic E-state index is 12.8. The van der Waals surface area contributed by atoms with Crippen LogP contribution in [0.15, 0.2) is 66.7 Å². The van der Waals surface area contributed by atoms with Crippen LogP contribution in [0.1, 0.15) is 15.9 Å². The molecule has 1 aromatic heterocycles. The van der Waals surface area contributed by atoms with E-state index in [0.717, 1.165) is 59.2 Å². The Bertz CT molecular complexity index is 1250. The average Bonchev–Trinajstić information content (AvgIpc) is 3.26. The van der Waals surface area contributed by atoms with Crippen molar-refractivity contribution in [2.24, 2.45) is 0 Å². The van der Waals surface area contributed by atoms with Crippen LogP contribution in [0, 0.1) is 0 Å². The Balaban J connectivity index is 1.44. The number of fused-ring (bicyclic) bond motifs is 1. The van der Waals surface area contributed by atoms with E-state index >= 15 is 0 Å². The van der Waals surface area contributed by atoms with E-state index in [9.17, 15) is 4.79 Å². The quantitative estimate of drug-likeness (QED) is 0.424. The summed E-state index contributed by atoms with van der Waals surface area (Å²) in [5, 5.41) is 7.95. The molecular weight excluding hydrogens is 440 g/mol. The summed E-state index contributed by atoms with van der Waals surface area (Å²) in [7, 11) is 0. The van der Waals surface area contributed by atoms with Crippen LogP contribution in [0.2, 0.25) is 5.02 Å². The molecule has 1 fully saturated rings. The summed E-state index contributed by atoms with van der Waals surface area (Å²) in [6, 6.07) is 21.1. The molecule has 5 rings (SSSR count). The average molecular weight is 463 g/mol. The second-order valence-electron chi connectivity index (χ2n) is 7.82. The van der Waals surface area contributed by atoms with Crippen LogP contribution >= 0.6 is 22.9 Å². The molecule has 1 aliphatic heterocycles. The van der Waals surface area contributed by atoms with Crippen molar-refractivity contribution in [3.05, 3.63) is 82.9 Å². The van der Waals surface area contributed by atoms with Gasteiger partial charge in [-0.1, -0.05) is 35.9 Å². The van der Waals surface area contributed by atoms with Crippen LogP contribution < -0.4 is 10.6 Å². The Labute approximate surface area is 196 Å². The monoisotopic (exact) mass is 462 g/mol. The van der Waals surface area contributed by atoms with Gasteiger partial charge in [-0.05, 0) is 48.0 Å². The largest absolute Gasteiger partial charge is 0.321 e. The van der Waals surface area contributed by atoms with Crippen LogP contribution in [-0.2, 0) is 6.54 Å². The number of nitrogens with one attached hydrogen (secondary N) is 2. The van der Waals surface area contributed by atoms with Crippen LogP contribution in [-0.4, -0.2) is 42.0 Å². The third-order valence-electron chi connectivity index (χ3n) is 5.62. The minimum Gasteiger partial charge on any atom is -0.321 e. The van der Waals surface area contributed by atoms with Crippen LogP contribution in [0.3, 0.4) is 0 Å². The highest BCUT2D eigenvalue weighted by Crippen LogP contribution is 2.36. The second kappa shape index (κ2) is 9.38.